The van der Waals surface area contributed by atoms with E-state index in [-0.39, 0.29) is 11.9 Å². The average Bonchev–Trinajstić information content (AvgIpc) is 2.62. The fourth-order valence-corrected chi connectivity index (χ4v) is 3.42. The Bertz CT molecular complexity index is 698. The number of benzene rings is 2. The molecular formula is C21H27NO2S. The molecule has 0 bridgehead atoms. The third kappa shape index (κ3) is 5.82. The average molecular weight is 358 g/mol. The van der Waals surface area contributed by atoms with Crippen LogP contribution in [0, 0.1) is 13.8 Å². The van der Waals surface area contributed by atoms with Gasteiger partial charge in [0.05, 0.1) is 18.9 Å². The van der Waals surface area contributed by atoms with Gasteiger partial charge < -0.3 is 10.1 Å². The van der Waals surface area contributed by atoms with Gasteiger partial charge in [-0.15, -0.1) is 11.8 Å². The van der Waals surface area contributed by atoms with E-state index < -0.39 is 0 Å². The Balaban J connectivity index is 1.83. The maximum atomic E-state index is 12.3. The van der Waals surface area contributed by atoms with Crippen LogP contribution >= 0.6 is 11.8 Å². The van der Waals surface area contributed by atoms with Crippen LogP contribution in [-0.2, 0) is 10.5 Å². The molecule has 2 aromatic rings. The Morgan fingerprint density at radius 3 is 2.44 bits per heavy atom. The summed E-state index contributed by atoms with van der Waals surface area (Å²) in [7, 11) is 1.66. The van der Waals surface area contributed by atoms with E-state index in [4.69, 9.17) is 4.74 Å². The first-order valence-electron chi connectivity index (χ1n) is 8.60. The summed E-state index contributed by atoms with van der Waals surface area (Å²) in [5, 5.41) is 3.15. The summed E-state index contributed by atoms with van der Waals surface area (Å²) in [6.45, 7) is 6.32. The van der Waals surface area contributed by atoms with Crippen LogP contribution in [0.15, 0.2) is 42.5 Å². The molecule has 1 amide bonds. The van der Waals surface area contributed by atoms with Crippen LogP contribution in [0.25, 0.3) is 0 Å². The van der Waals surface area contributed by atoms with Crippen LogP contribution in [0.1, 0.15) is 41.6 Å². The SMILES string of the molecule is CC[C@@H](NC(=O)CSCc1ccc(OC)cc1)c1ccc(C)c(C)c1. The number of nitrogens with one attached hydrogen (secondary N) is 1. The van der Waals surface area contributed by atoms with Crippen molar-refractivity contribution < 1.29 is 9.53 Å². The van der Waals surface area contributed by atoms with E-state index in [1.807, 2.05) is 24.3 Å². The molecule has 0 aromatic heterocycles. The molecule has 0 aliphatic carbocycles. The largest absolute Gasteiger partial charge is 0.497 e. The number of carbonyl (C=O) groups is 1. The molecule has 2 rings (SSSR count). The minimum atomic E-state index is 0.0772. The van der Waals surface area contributed by atoms with Gasteiger partial charge in [-0.1, -0.05) is 37.3 Å². The van der Waals surface area contributed by atoms with Crippen molar-refractivity contribution in [2.75, 3.05) is 12.9 Å². The van der Waals surface area contributed by atoms with Crippen LogP contribution in [0.3, 0.4) is 0 Å². The zero-order chi connectivity index (χ0) is 18.2. The van der Waals surface area contributed by atoms with E-state index in [9.17, 15) is 4.79 Å². The zero-order valence-corrected chi connectivity index (χ0v) is 16.3. The number of hydrogen-bond acceptors (Lipinski definition) is 3. The minimum Gasteiger partial charge on any atom is -0.497 e. The van der Waals surface area contributed by atoms with Gasteiger partial charge in [0, 0.05) is 5.75 Å². The van der Waals surface area contributed by atoms with Crippen LogP contribution in [0.5, 0.6) is 5.75 Å². The normalized spacial score (nSPS) is 11.8. The van der Waals surface area contributed by atoms with Gasteiger partial charge >= 0.3 is 0 Å². The van der Waals surface area contributed by atoms with Crippen molar-refractivity contribution in [3.63, 3.8) is 0 Å². The molecule has 1 atom stereocenters. The van der Waals surface area contributed by atoms with E-state index >= 15 is 0 Å². The molecule has 0 heterocycles. The first-order valence-corrected chi connectivity index (χ1v) is 9.76. The molecule has 4 heteroatoms. The highest BCUT2D eigenvalue weighted by Crippen LogP contribution is 2.21. The number of hydrogen-bond donors (Lipinski definition) is 1. The maximum Gasteiger partial charge on any atom is 0.230 e. The fraction of sp³-hybridized carbons (Fsp3) is 0.381. The molecule has 0 saturated heterocycles. The van der Waals surface area contributed by atoms with E-state index in [0.29, 0.717) is 5.75 Å². The van der Waals surface area contributed by atoms with Crippen LogP contribution < -0.4 is 10.1 Å². The second-order valence-corrected chi connectivity index (χ2v) is 7.20. The Morgan fingerprint density at radius 2 is 1.84 bits per heavy atom. The molecule has 134 valence electrons. The predicted molar refractivity (Wildman–Crippen MR) is 106 cm³/mol. The molecule has 0 aliphatic rings. The van der Waals surface area contributed by atoms with E-state index in [2.05, 4.69) is 44.3 Å². The monoisotopic (exact) mass is 357 g/mol. The molecule has 0 unspecified atom stereocenters. The van der Waals surface area contributed by atoms with Gasteiger partial charge in [0.2, 0.25) is 5.91 Å². The summed E-state index contributed by atoms with van der Waals surface area (Å²) in [5.41, 5.74) is 4.91. The lowest BCUT2D eigenvalue weighted by Crippen LogP contribution is -2.29. The van der Waals surface area contributed by atoms with E-state index in [1.165, 1.54) is 22.3 Å². The number of carbonyl (C=O) groups excluding carboxylic acids is 1. The number of rotatable bonds is 8. The molecule has 0 aliphatic heterocycles. The van der Waals surface area contributed by atoms with Gasteiger partial charge in [-0.3, -0.25) is 4.79 Å². The lowest BCUT2D eigenvalue weighted by molar-refractivity contribution is -0.119. The summed E-state index contributed by atoms with van der Waals surface area (Å²) in [6, 6.07) is 14.5. The zero-order valence-electron chi connectivity index (χ0n) is 15.5. The smallest absolute Gasteiger partial charge is 0.230 e. The van der Waals surface area contributed by atoms with Gasteiger partial charge in [0.1, 0.15) is 5.75 Å². The van der Waals surface area contributed by atoms with Crippen LogP contribution in [-0.4, -0.2) is 18.8 Å². The maximum absolute atomic E-state index is 12.3. The quantitative estimate of drug-likeness (QED) is 0.736. The molecule has 1 N–H and O–H groups in total. The van der Waals surface area contributed by atoms with E-state index in [1.54, 1.807) is 18.9 Å². The van der Waals surface area contributed by atoms with E-state index in [0.717, 1.165) is 17.9 Å². The summed E-state index contributed by atoms with van der Waals surface area (Å²) in [4.78, 5) is 12.3. The summed E-state index contributed by atoms with van der Waals surface area (Å²) in [5.74, 6) is 2.22. The summed E-state index contributed by atoms with van der Waals surface area (Å²) < 4.78 is 5.15. The topological polar surface area (TPSA) is 38.3 Å². The second kappa shape index (κ2) is 9.52. The van der Waals surface area contributed by atoms with Gasteiger partial charge in [0.25, 0.3) is 0 Å². The van der Waals surface area contributed by atoms with Crippen molar-refractivity contribution in [3.8, 4) is 5.75 Å². The first-order chi connectivity index (χ1) is 12.0. The van der Waals surface area contributed by atoms with Crippen molar-refractivity contribution in [2.24, 2.45) is 0 Å². The summed E-state index contributed by atoms with van der Waals surface area (Å²) >= 11 is 1.63. The van der Waals surface area contributed by atoms with Crippen molar-refractivity contribution in [3.05, 3.63) is 64.7 Å². The Kier molecular flexibility index (Phi) is 7.38. The molecule has 3 nitrogen and oxygen atoms in total. The first kappa shape index (κ1) is 19.4. The fourth-order valence-electron chi connectivity index (χ4n) is 2.62. The van der Waals surface area contributed by atoms with Crippen molar-refractivity contribution in [1.82, 2.24) is 5.32 Å². The second-order valence-electron chi connectivity index (χ2n) is 6.21. The molecule has 0 spiro atoms. The molecule has 0 radical (unpaired) electrons. The standard InChI is InChI=1S/C21H27NO2S/c1-5-20(18-9-6-15(2)16(3)12-18)22-21(23)14-25-13-17-7-10-19(24-4)11-8-17/h6-12,20H,5,13-14H2,1-4H3,(H,22,23)/t20-/m1/s1. The van der Waals surface area contributed by atoms with Crippen molar-refractivity contribution >= 4 is 17.7 Å². The molecular weight excluding hydrogens is 330 g/mol. The summed E-state index contributed by atoms with van der Waals surface area (Å²) in [6.07, 6.45) is 0.886. The number of amides is 1. The van der Waals surface area contributed by atoms with Crippen molar-refractivity contribution in [2.45, 2.75) is 39.0 Å². The molecule has 0 saturated carbocycles. The lowest BCUT2D eigenvalue weighted by atomic mass is 9.99. The van der Waals surface area contributed by atoms with Crippen molar-refractivity contribution in [1.29, 1.82) is 0 Å². The van der Waals surface area contributed by atoms with Gasteiger partial charge in [0.15, 0.2) is 0 Å². The third-order valence-corrected chi connectivity index (χ3v) is 5.34. The predicted octanol–water partition coefficient (Wildman–Crippen LogP) is 4.81. The highest BCUT2D eigenvalue weighted by molar-refractivity contribution is 7.99. The highest BCUT2D eigenvalue weighted by Gasteiger charge is 2.13. The Morgan fingerprint density at radius 1 is 1.12 bits per heavy atom. The Hall–Kier alpha value is -1.94. The van der Waals surface area contributed by atoms with Crippen LogP contribution in [0.2, 0.25) is 0 Å². The molecule has 25 heavy (non-hydrogen) atoms. The number of aryl methyl sites for hydroxylation is 2. The minimum absolute atomic E-state index is 0.0772. The Labute approximate surface area is 155 Å². The molecule has 0 fully saturated rings. The molecule has 2 aromatic carbocycles. The number of thioether (sulfide) groups is 1. The third-order valence-electron chi connectivity index (χ3n) is 4.34. The number of ether oxygens (including phenoxy) is 1. The van der Waals surface area contributed by atoms with Gasteiger partial charge in [-0.05, 0) is 54.7 Å². The lowest BCUT2D eigenvalue weighted by Gasteiger charge is -2.18. The van der Waals surface area contributed by atoms with Crippen LogP contribution in [0.4, 0.5) is 0 Å². The van der Waals surface area contributed by atoms with Gasteiger partial charge in [-0.25, -0.2) is 0 Å². The number of methoxy groups -OCH3 is 1. The highest BCUT2D eigenvalue weighted by atomic mass is 32.2. The van der Waals surface area contributed by atoms with Gasteiger partial charge in [-0.2, -0.15) is 0 Å².